The summed E-state index contributed by atoms with van der Waals surface area (Å²) in [5.74, 6) is 0. The summed E-state index contributed by atoms with van der Waals surface area (Å²) in [5.41, 5.74) is -2.63. The predicted molar refractivity (Wildman–Crippen MR) is 61.1 cm³/mol. The maximum Gasteiger partial charge on any atom is 0.279 e. The van der Waals surface area contributed by atoms with Crippen molar-refractivity contribution in [2.45, 2.75) is 38.8 Å². The van der Waals surface area contributed by atoms with Crippen molar-refractivity contribution in [3.63, 3.8) is 0 Å². The van der Waals surface area contributed by atoms with E-state index in [2.05, 4.69) is 0 Å². The molecule has 0 spiro atoms. The summed E-state index contributed by atoms with van der Waals surface area (Å²) in [4.78, 5) is 27.6. The Kier molecular flexibility index (Phi) is 6.99. The lowest BCUT2D eigenvalue weighted by molar-refractivity contribution is -0.618. The van der Waals surface area contributed by atoms with Crippen molar-refractivity contribution >= 4 is 0 Å². The highest BCUT2D eigenvalue weighted by molar-refractivity contribution is 4.63. The number of hydrogen-bond acceptors (Lipinski definition) is 7. The normalized spacial score (nSPS) is 11.2. The van der Waals surface area contributed by atoms with Crippen LogP contribution in [0.5, 0.6) is 0 Å². The van der Waals surface area contributed by atoms with Gasteiger partial charge in [0.1, 0.15) is 5.60 Å². The molecule has 0 aromatic rings. The molecule has 0 rings (SSSR count). The van der Waals surface area contributed by atoms with Crippen molar-refractivity contribution in [1.82, 2.24) is 0 Å². The lowest BCUT2D eigenvalue weighted by atomic mass is 10.1. The van der Waals surface area contributed by atoms with Gasteiger partial charge in [-0.1, -0.05) is 0 Å². The van der Waals surface area contributed by atoms with Gasteiger partial charge in [-0.05, 0) is 13.8 Å². The van der Waals surface area contributed by atoms with Gasteiger partial charge in [0.2, 0.25) is 6.54 Å². The van der Waals surface area contributed by atoms with Crippen molar-refractivity contribution in [2.24, 2.45) is 0 Å². The highest BCUT2D eigenvalue weighted by Gasteiger charge is 2.36. The summed E-state index contributed by atoms with van der Waals surface area (Å²) >= 11 is 0. The average molecular weight is 267 g/mol. The van der Waals surface area contributed by atoms with E-state index in [0.29, 0.717) is 0 Å². The molecule has 106 valence electrons. The summed E-state index contributed by atoms with van der Waals surface area (Å²) in [6.07, 6.45) is 0. The maximum atomic E-state index is 10.1. The molecule has 18 heavy (non-hydrogen) atoms. The first kappa shape index (κ1) is 18.5. The van der Waals surface area contributed by atoms with Gasteiger partial charge in [0, 0.05) is 28.6 Å². The summed E-state index contributed by atoms with van der Waals surface area (Å²) in [6, 6.07) is 0. The molecule has 0 amide bonds. The zero-order valence-electron chi connectivity index (χ0n) is 10.7. The standard InChI is InChI=1S/C4H8N2O4.C4H9NO3/c1-4(2,6(9)10)3-5(7)8;1-4(2,6)3-5(7)8/h3H2,1-2H3;6H,3H2,1-2H3. The van der Waals surface area contributed by atoms with Gasteiger partial charge in [0.25, 0.3) is 12.1 Å². The van der Waals surface area contributed by atoms with Crippen LogP contribution < -0.4 is 0 Å². The maximum absolute atomic E-state index is 10.1. The van der Waals surface area contributed by atoms with Gasteiger partial charge in [0.15, 0.2) is 0 Å². The molecule has 0 atom stereocenters. The summed E-state index contributed by atoms with van der Waals surface area (Å²) in [7, 11) is 0. The number of nitro groups is 3. The van der Waals surface area contributed by atoms with Crippen LogP contribution in [0.4, 0.5) is 0 Å². The Bertz CT molecular complexity index is 321. The fourth-order valence-electron chi connectivity index (χ4n) is 0.690. The zero-order chi connectivity index (χ0) is 15.1. The highest BCUT2D eigenvalue weighted by Crippen LogP contribution is 2.06. The van der Waals surface area contributed by atoms with E-state index >= 15 is 0 Å². The van der Waals surface area contributed by atoms with Gasteiger partial charge in [-0.15, -0.1) is 0 Å². The Labute approximate surface area is 103 Å². The van der Waals surface area contributed by atoms with Crippen LogP contribution in [0.1, 0.15) is 27.7 Å². The molecule has 0 unspecified atom stereocenters. The van der Waals surface area contributed by atoms with Crippen LogP contribution in [0.2, 0.25) is 0 Å². The Morgan fingerprint density at radius 1 is 0.889 bits per heavy atom. The molecular weight excluding hydrogens is 250 g/mol. The van der Waals surface area contributed by atoms with E-state index in [-0.39, 0.29) is 0 Å². The van der Waals surface area contributed by atoms with Gasteiger partial charge in [-0.2, -0.15) is 0 Å². The van der Waals surface area contributed by atoms with Crippen LogP contribution in [-0.4, -0.2) is 44.1 Å². The van der Waals surface area contributed by atoms with E-state index in [0.717, 1.165) is 0 Å². The van der Waals surface area contributed by atoms with Crippen LogP contribution in [0.25, 0.3) is 0 Å². The average Bonchev–Trinajstić information content (AvgIpc) is 1.96. The van der Waals surface area contributed by atoms with Crippen molar-refractivity contribution in [3.8, 4) is 0 Å². The summed E-state index contributed by atoms with van der Waals surface area (Å²) in [5, 5.41) is 38.3. The quantitative estimate of drug-likeness (QED) is 0.557. The minimum absolute atomic E-state index is 0.396. The zero-order valence-corrected chi connectivity index (χ0v) is 10.7. The first-order valence-corrected chi connectivity index (χ1v) is 4.88. The molecule has 10 heteroatoms. The Morgan fingerprint density at radius 2 is 1.22 bits per heavy atom. The second-order valence-electron chi connectivity index (χ2n) is 4.86. The molecule has 10 nitrogen and oxygen atoms in total. The minimum atomic E-state index is -1.45. The molecule has 0 radical (unpaired) electrons. The van der Waals surface area contributed by atoms with E-state index in [1.54, 1.807) is 0 Å². The first-order chi connectivity index (χ1) is 7.78. The largest absolute Gasteiger partial charge is 0.384 e. The number of rotatable bonds is 5. The van der Waals surface area contributed by atoms with Crippen molar-refractivity contribution in [2.75, 3.05) is 13.1 Å². The third-order valence-electron chi connectivity index (χ3n) is 1.53. The molecule has 0 aliphatic rings. The lowest BCUT2D eigenvalue weighted by Gasteiger charge is -2.08. The third kappa shape index (κ3) is 12.2. The molecule has 0 fully saturated rings. The summed E-state index contributed by atoms with van der Waals surface area (Å²) in [6.45, 7) is 4.20. The summed E-state index contributed by atoms with van der Waals surface area (Å²) < 4.78 is 0. The highest BCUT2D eigenvalue weighted by atomic mass is 16.6. The van der Waals surface area contributed by atoms with Crippen LogP contribution >= 0.6 is 0 Å². The molecule has 0 aliphatic carbocycles. The van der Waals surface area contributed by atoms with Crippen molar-refractivity contribution in [1.29, 1.82) is 0 Å². The molecule has 0 heterocycles. The van der Waals surface area contributed by atoms with E-state index in [9.17, 15) is 30.3 Å². The molecule has 0 bridgehead atoms. The van der Waals surface area contributed by atoms with E-state index in [1.165, 1.54) is 27.7 Å². The van der Waals surface area contributed by atoms with Gasteiger partial charge >= 0.3 is 0 Å². The second kappa shape index (κ2) is 6.79. The number of hydrogen-bond donors (Lipinski definition) is 1. The van der Waals surface area contributed by atoms with Gasteiger partial charge in [-0.25, -0.2) is 0 Å². The van der Waals surface area contributed by atoms with Crippen LogP contribution in [0, 0.1) is 30.3 Å². The molecule has 0 saturated heterocycles. The van der Waals surface area contributed by atoms with E-state index < -0.39 is 39.0 Å². The second-order valence-corrected chi connectivity index (χ2v) is 4.86. The minimum Gasteiger partial charge on any atom is -0.384 e. The first-order valence-electron chi connectivity index (χ1n) is 4.88. The Hall–Kier alpha value is -1.84. The van der Waals surface area contributed by atoms with Crippen molar-refractivity contribution in [3.05, 3.63) is 30.3 Å². The van der Waals surface area contributed by atoms with Gasteiger partial charge < -0.3 is 5.11 Å². The van der Waals surface area contributed by atoms with Crippen molar-refractivity contribution < 1.29 is 19.9 Å². The monoisotopic (exact) mass is 267 g/mol. The molecular formula is C8H17N3O7. The SMILES string of the molecule is CC(C)(C[N+](=O)[O-])[N+](=O)[O-].CC(C)(O)C[N+](=O)[O-]. The Balaban J connectivity index is 0. The molecule has 1 N–H and O–H groups in total. The molecule has 0 aliphatic heterocycles. The van der Waals surface area contributed by atoms with E-state index in [1.807, 2.05) is 0 Å². The van der Waals surface area contributed by atoms with Crippen LogP contribution in [-0.2, 0) is 0 Å². The molecule has 0 aromatic carbocycles. The van der Waals surface area contributed by atoms with Crippen LogP contribution in [0.3, 0.4) is 0 Å². The van der Waals surface area contributed by atoms with Crippen LogP contribution in [0.15, 0.2) is 0 Å². The molecule has 0 aromatic heterocycles. The predicted octanol–water partition coefficient (Wildman–Crippen LogP) is 0.352. The topological polar surface area (TPSA) is 150 Å². The van der Waals surface area contributed by atoms with E-state index in [4.69, 9.17) is 5.11 Å². The lowest BCUT2D eigenvalue weighted by Crippen LogP contribution is -2.38. The number of nitrogens with zero attached hydrogens (tertiary/aromatic N) is 3. The number of aliphatic hydroxyl groups is 1. The fourth-order valence-corrected chi connectivity index (χ4v) is 0.690. The molecule has 0 saturated carbocycles. The van der Waals surface area contributed by atoms with Gasteiger partial charge in [0.05, 0.1) is 0 Å². The Morgan fingerprint density at radius 3 is 1.28 bits per heavy atom. The fraction of sp³-hybridized carbons (Fsp3) is 1.00. The van der Waals surface area contributed by atoms with Gasteiger partial charge in [-0.3, -0.25) is 30.3 Å². The smallest absolute Gasteiger partial charge is 0.279 e. The third-order valence-corrected chi connectivity index (χ3v) is 1.53.